The summed E-state index contributed by atoms with van der Waals surface area (Å²) < 4.78 is 17.8. The van der Waals surface area contributed by atoms with Crippen molar-refractivity contribution in [3.05, 3.63) is 65.7 Å². The number of nitrogens with one attached hydrogen (secondary N) is 4. The van der Waals surface area contributed by atoms with Crippen LogP contribution in [0.4, 0.5) is 15.3 Å². The Labute approximate surface area is 482 Å². The monoisotopic (exact) mass is 1130 g/mol. The molecule has 20 heteroatoms. The molecule has 12 atom stereocenters. The van der Waals surface area contributed by atoms with Gasteiger partial charge < -0.3 is 61.0 Å². The smallest absolute Gasteiger partial charge is 0.410 e. The van der Waals surface area contributed by atoms with Gasteiger partial charge in [0.15, 0.2) is 11.6 Å². The Hall–Kier alpha value is -5.96. The van der Waals surface area contributed by atoms with Gasteiger partial charge >= 0.3 is 12.1 Å². The lowest BCUT2D eigenvalue weighted by molar-refractivity contribution is -0.149. The molecule has 0 aliphatic carbocycles. The molecule has 20 nitrogen and oxygen atoms in total. The third-order valence-electron chi connectivity index (χ3n) is 16.2. The first-order valence-electron chi connectivity index (χ1n) is 28.9. The van der Waals surface area contributed by atoms with Crippen LogP contribution in [0.25, 0.3) is 0 Å². The number of benzene rings is 2. The molecule has 1 saturated heterocycles. The fraction of sp³-hybridized carbons (Fsp3) is 0.672. The fourth-order valence-corrected chi connectivity index (χ4v) is 11.3. The lowest BCUT2D eigenvalue weighted by Gasteiger charge is -2.41. The Balaban J connectivity index is 1.71. The standard InChI is InChI=1S/C61H98N8O12/c1-16-39(8)54(50(79-14)34-51(72)69-31-21-25-47(69)56(80-15)40(9)57(74)65-41(10)55(73)43-22-18-17-19-23-43)67(12)59(76)46(36(2)3)33-49(71)53(38(6)7)68(13)61(78)81-35-42-26-28-45(29-27-42)66-58(75)44(24-20-30-64-60(62)77)32-48(70)52(63-11)37(4)5/h17-19,22-23,26-29,36-41,44,46-47,50,52-56,63,73H,16,20-21,24-25,30-35H2,1-15H3,(H,65,74)(H,66,75)(H3,62,64,77)/t39-,40+,41+,44+,46-,47-,50+,52-,53-,54-,55+,56+/m0/s1. The van der Waals surface area contributed by atoms with Gasteiger partial charge in [-0.1, -0.05) is 111 Å². The lowest BCUT2D eigenvalue weighted by atomic mass is 9.83. The second-order valence-electron chi connectivity index (χ2n) is 23.1. The van der Waals surface area contributed by atoms with Crippen molar-refractivity contribution in [3.63, 3.8) is 0 Å². The summed E-state index contributed by atoms with van der Waals surface area (Å²) >= 11 is 0. The molecule has 2 aromatic rings. The number of nitrogens with zero attached hydrogens (tertiary/aromatic N) is 3. The third-order valence-corrected chi connectivity index (χ3v) is 16.2. The van der Waals surface area contributed by atoms with E-state index in [4.69, 9.17) is 19.9 Å². The maximum Gasteiger partial charge on any atom is 0.410 e. The topological polar surface area (TPSA) is 268 Å². The zero-order valence-electron chi connectivity index (χ0n) is 51.0. The predicted octanol–water partition coefficient (Wildman–Crippen LogP) is 6.88. The quantitative estimate of drug-likeness (QED) is 0.0391. The number of Topliss-reactive ketones (excluding diaryl/α,β-unsaturated/α-hetero) is 2. The highest BCUT2D eigenvalue weighted by atomic mass is 16.6. The van der Waals surface area contributed by atoms with Crippen LogP contribution >= 0.6 is 0 Å². The lowest BCUT2D eigenvalue weighted by Crippen LogP contribution is -2.55. The highest BCUT2D eigenvalue weighted by Crippen LogP contribution is 2.32. The van der Waals surface area contributed by atoms with Gasteiger partial charge in [-0.05, 0) is 86.6 Å². The Morgan fingerprint density at radius 3 is 1.98 bits per heavy atom. The first kappa shape index (κ1) is 69.3. The van der Waals surface area contributed by atoms with Gasteiger partial charge in [-0.2, -0.15) is 0 Å². The summed E-state index contributed by atoms with van der Waals surface area (Å²) in [6.07, 6.45) is -0.479. The minimum absolute atomic E-state index is 0.00315. The molecule has 0 unspecified atom stereocenters. The number of hydrogen-bond donors (Lipinski definition) is 6. The van der Waals surface area contributed by atoms with Crippen molar-refractivity contribution in [3.8, 4) is 0 Å². The van der Waals surface area contributed by atoms with E-state index < -0.39 is 78.4 Å². The van der Waals surface area contributed by atoms with Crippen molar-refractivity contribution in [2.45, 2.75) is 176 Å². The Bertz CT molecular complexity index is 2340. The molecule has 7 amide bonds. The molecular formula is C61H98N8O12. The summed E-state index contributed by atoms with van der Waals surface area (Å²) in [4.78, 5) is 114. The fourth-order valence-electron chi connectivity index (χ4n) is 11.3. The molecule has 0 aromatic heterocycles. The number of aliphatic hydroxyl groups is 1. The molecule has 0 spiro atoms. The number of ketones is 2. The van der Waals surface area contributed by atoms with Crippen LogP contribution in [-0.4, -0.2) is 158 Å². The Kier molecular flexibility index (Phi) is 29.0. The zero-order chi connectivity index (χ0) is 60.8. The molecule has 3 rings (SSSR count). The van der Waals surface area contributed by atoms with E-state index in [0.717, 1.165) is 0 Å². The normalized spacial score (nSPS) is 17.6. The molecule has 0 radical (unpaired) electrons. The number of nitrogens with two attached hydrogens (primary N) is 1. The first-order valence-corrected chi connectivity index (χ1v) is 28.9. The number of ether oxygens (including phenoxy) is 3. The Morgan fingerprint density at radius 1 is 0.790 bits per heavy atom. The molecule has 7 N–H and O–H groups in total. The van der Waals surface area contributed by atoms with Gasteiger partial charge in [0, 0.05) is 71.8 Å². The highest BCUT2D eigenvalue weighted by molar-refractivity contribution is 5.96. The summed E-state index contributed by atoms with van der Waals surface area (Å²) in [5.41, 5.74) is 6.96. The molecular weight excluding hydrogens is 1040 g/mol. The summed E-state index contributed by atoms with van der Waals surface area (Å²) in [5.74, 6) is -4.39. The number of primary amides is 1. The van der Waals surface area contributed by atoms with Crippen molar-refractivity contribution >= 4 is 53.0 Å². The second kappa shape index (κ2) is 33.8. The maximum atomic E-state index is 14.8. The minimum Gasteiger partial charge on any atom is -0.445 e. The van der Waals surface area contributed by atoms with Gasteiger partial charge in [0.1, 0.15) is 6.61 Å². The molecule has 1 aliphatic rings. The number of amides is 7. The zero-order valence-corrected chi connectivity index (χ0v) is 51.0. The Morgan fingerprint density at radius 2 is 1.43 bits per heavy atom. The van der Waals surface area contributed by atoms with Crippen molar-refractivity contribution < 1.29 is 57.7 Å². The SMILES string of the molecule is CC[C@H](C)[C@@H]([C@@H](CC(=O)N1CCC[C@H]1[C@H](OC)[C@@H](C)C(=O)N[C@H](C)[C@@H](O)c1ccccc1)OC)N(C)C(=O)[C@@H](CC(=O)[C@H](C(C)C)N(C)C(=O)OCc1ccc(NC(=O)[C@H](CCCNC(N)=O)CC(=O)[C@@H](NC)C(C)C)cc1)C(C)C. The van der Waals surface area contributed by atoms with Crippen LogP contribution in [0, 0.1) is 41.4 Å². The van der Waals surface area contributed by atoms with E-state index in [2.05, 4.69) is 21.3 Å². The van der Waals surface area contributed by atoms with Crippen LogP contribution in [-0.2, 0) is 49.6 Å². The van der Waals surface area contributed by atoms with Crippen molar-refractivity contribution in [1.82, 2.24) is 30.7 Å². The van der Waals surface area contributed by atoms with E-state index in [9.17, 15) is 43.5 Å². The molecule has 2 aromatic carbocycles. The highest BCUT2D eigenvalue weighted by Gasteiger charge is 2.44. The molecule has 0 saturated carbocycles. The van der Waals surface area contributed by atoms with E-state index in [1.54, 1.807) is 74.1 Å². The van der Waals surface area contributed by atoms with Gasteiger partial charge in [0.2, 0.25) is 23.6 Å². The number of anilines is 1. The molecule has 1 heterocycles. The molecule has 1 fully saturated rings. The summed E-state index contributed by atoms with van der Waals surface area (Å²) in [7, 11) is 7.95. The van der Waals surface area contributed by atoms with E-state index in [1.807, 2.05) is 73.6 Å². The van der Waals surface area contributed by atoms with E-state index in [0.29, 0.717) is 55.5 Å². The summed E-state index contributed by atoms with van der Waals surface area (Å²) in [6, 6.07) is 12.2. The van der Waals surface area contributed by atoms with Gasteiger partial charge in [0.05, 0.1) is 60.9 Å². The average Bonchev–Trinajstić information content (AvgIpc) is 3.99. The number of methoxy groups -OCH3 is 2. The number of urea groups is 1. The van der Waals surface area contributed by atoms with Crippen LogP contribution in [0.2, 0.25) is 0 Å². The number of likely N-dealkylation sites (tertiary alicyclic amines) is 1. The van der Waals surface area contributed by atoms with Gasteiger partial charge in [-0.15, -0.1) is 0 Å². The molecule has 81 heavy (non-hydrogen) atoms. The second-order valence-corrected chi connectivity index (χ2v) is 23.1. The number of aliphatic hydroxyl groups excluding tert-OH is 1. The first-order chi connectivity index (χ1) is 38.2. The van der Waals surface area contributed by atoms with Crippen molar-refractivity contribution in [1.29, 1.82) is 0 Å². The largest absolute Gasteiger partial charge is 0.445 e. The minimum atomic E-state index is -0.929. The van der Waals surface area contributed by atoms with Gasteiger partial charge in [-0.25, -0.2) is 9.59 Å². The molecule has 0 bridgehead atoms. The van der Waals surface area contributed by atoms with Crippen LogP contribution in [0.5, 0.6) is 0 Å². The summed E-state index contributed by atoms with van der Waals surface area (Å²) in [6.45, 7) is 19.4. The number of carbonyl (C=O) groups excluding carboxylic acids is 8. The van der Waals surface area contributed by atoms with E-state index in [-0.39, 0.29) is 91.3 Å². The predicted molar refractivity (Wildman–Crippen MR) is 312 cm³/mol. The number of hydrogen-bond acceptors (Lipinski definition) is 13. The maximum absolute atomic E-state index is 14.8. The summed E-state index contributed by atoms with van der Waals surface area (Å²) in [5, 5.41) is 22.3. The van der Waals surface area contributed by atoms with Crippen molar-refractivity contribution in [2.75, 3.05) is 53.8 Å². The number of carbonyl (C=O) groups is 8. The van der Waals surface area contributed by atoms with Crippen molar-refractivity contribution in [2.24, 2.45) is 47.2 Å². The molecule has 454 valence electrons. The third kappa shape index (κ3) is 20.2. The van der Waals surface area contributed by atoms with Crippen LogP contribution in [0.15, 0.2) is 54.6 Å². The number of rotatable bonds is 34. The van der Waals surface area contributed by atoms with E-state index >= 15 is 0 Å². The van der Waals surface area contributed by atoms with Gasteiger partial charge in [-0.3, -0.25) is 28.8 Å². The number of likely N-dealkylation sites (N-methyl/N-ethyl adjacent to an activating group) is 3. The van der Waals surface area contributed by atoms with Gasteiger partial charge in [0.25, 0.3) is 0 Å². The van der Waals surface area contributed by atoms with E-state index in [1.165, 1.54) is 26.2 Å². The molecule has 1 aliphatic heterocycles. The van der Waals surface area contributed by atoms with Crippen LogP contribution in [0.3, 0.4) is 0 Å². The average molecular weight is 1140 g/mol. The van der Waals surface area contributed by atoms with Crippen LogP contribution in [0.1, 0.15) is 138 Å². The van der Waals surface area contributed by atoms with Crippen LogP contribution < -0.4 is 27.0 Å².